The second-order valence-corrected chi connectivity index (χ2v) is 8.04. The summed E-state index contributed by atoms with van der Waals surface area (Å²) >= 11 is 5.92. The Kier molecular flexibility index (Phi) is 6.01. The lowest BCUT2D eigenvalue weighted by Crippen LogP contribution is -2.23. The minimum Gasteiger partial charge on any atom is -0.495 e. The van der Waals surface area contributed by atoms with Crippen molar-refractivity contribution in [3.8, 4) is 5.75 Å². The number of methoxy groups -OCH3 is 1. The Morgan fingerprint density at radius 3 is 2.75 bits per heavy atom. The Hall–Kier alpha value is -2.84. The summed E-state index contributed by atoms with van der Waals surface area (Å²) in [7, 11) is -2.64. The summed E-state index contributed by atoms with van der Waals surface area (Å²) in [6.45, 7) is 0. The van der Waals surface area contributed by atoms with Crippen LogP contribution in [0.2, 0.25) is 5.02 Å². The number of benzene rings is 1. The second kappa shape index (κ2) is 8.45. The standard InChI is InChI=1S/C19H18ClN3O4S/c1-27-17-8-7-14(20)10-18(17)28(25,26)23-16-9-13(11-21-12-16)19(24)22-15-5-3-2-4-6-15/h3,5-12,23H,2,4H2,1H3,(H,22,24). The second-order valence-electron chi connectivity index (χ2n) is 5.96. The first-order valence-corrected chi connectivity index (χ1v) is 10.2. The molecule has 0 spiro atoms. The van der Waals surface area contributed by atoms with Crippen molar-refractivity contribution < 1.29 is 17.9 Å². The Bertz CT molecular complexity index is 1060. The number of halogens is 1. The molecular weight excluding hydrogens is 402 g/mol. The summed E-state index contributed by atoms with van der Waals surface area (Å²) in [6, 6.07) is 5.68. The lowest BCUT2D eigenvalue weighted by atomic mass is 10.1. The molecule has 2 N–H and O–H groups in total. The van der Waals surface area contributed by atoms with Gasteiger partial charge in [0, 0.05) is 16.9 Å². The average Bonchev–Trinajstić information content (AvgIpc) is 2.68. The number of anilines is 1. The van der Waals surface area contributed by atoms with E-state index in [0.29, 0.717) is 5.70 Å². The molecule has 1 aromatic heterocycles. The highest BCUT2D eigenvalue weighted by Crippen LogP contribution is 2.28. The molecular formula is C19H18ClN3O4S. The van der Waals surface area contributed by atoms with Crippen molar-refractivity contribution in [1.82, 2.24) is 10.3 Å². The minimum atomic E-state index is -4.00. The number of hydrogen-bond acceptors (Lipinski definition) is 5. The van der Waals surface area contributed by atoms with Crippen molar-refractivity contribution in [1.29, 1.82) is 0 Å². The number of rotatable bonds is 6. The molecule has 1 aromatic carbocycles. The number of carbonyl (C=O) groups is 1. The molecule has 28 heavy (non-hydrogen) atoms. The van der Waals surface area contributed by atoms with Crippen molar-refractivity contribution in [2.75, 3.05) is 11.8 Å². The van der Waals surface area contributed by atoms with Gasteiger partial charge in [0.15, 0.2) is 0 Å². The van der Waals surface area contributed by atoms with Gasteiger partial charge in [0.05, 0.1) is 24.6 Å². The van der Waals surface area contributed by atoms with Gasteiger partial charge in [-0.3, -0.25) is 14.5 Å². The predicted octanol–water partition coefficient (Wildman–Crippen LogP) is 3.51. The van der Waals surface area contributed by atoms with E-state index in [2.05, 4.69) is 15.0 Å². The highest BCUT2D eigenvalue weighted by molar-refractivity contribution is 7.92. The lowest BCUT2D eigenvalue weighted by Gasteiger charge is -2.13. The zero-order valence-corrected chi connectivity index (χ0v) is 16.5. The van der Waals surface area contributed by atoms with E-state index in [4.69, 9.17) is 16.3 Å². The highest BCUT2D eigenvalue weighted by Gasteiger charge is 2.21. The maximum atomic E-state index is 12.7. The number of hydrogen-bond donors (Lipinski definition) is 2. The Morgan fingerprint density at radius 2 is 2.04 bits per heavy atom. The molecule has 0 saturated heterocycles. The predicted molar refractivity (Wildman–Crippen MR) is 107 cm³/mol. The van der Waals surface area contributed by atoms with Crippen LogP contribution in [0.25, 0.3) is 0 Å². The number of ether oxygens (including phenoxy) is 1. The van der Waals surface area contributed by atoms with Gasteiger partial charge in [-0.25, -0.2) is 8.42 Å². The van der Waals surface area contributed by atoms with Crippen molar-refractivity contribution in [3.05, 3.63) is 71.2 Å². The molecule has 0 saturated carbocycles. The van der Waals surface area contributed by atoms with Crippen LogP contribution < -0.4 is 14.8 Å². The number of pyridine rings is 1. The number of nitrogens with zero attached hydrogens (tertiary/aromatic N) is 1. The molecule has 3 rings (SSSR count). The maximum absolute atomic E-state index is 12.7. The van der Waals surface area contributed by atoms with E-state index in [1.54, 1.807) is 0 Å². The van der Waals surface area contributed by atoms with Crippen molar-refractivity contribution in [2.45, 2.75) is 17.7 Å². The van der Waals surface area contributed by atoms with Crippen molar-refractivity contribution >= 4 is 33.2 Å². The largest absolute Gasteiger partial charge is 0.495 e. The Balaban J connectivity index is 1.82. The Labute approximate surface area is 168 Å². The average molecular weight is 420 g/mol. The molecule has 9 heteroatoms. The summed E-state index contributed by atoms with van der Waals surface area (Å²) in [5.41, 5.74) is 1.06. The summed E-state index contributed by atoms with van der Waals surface area (Å²) in [6.07, 6.45) is 10.2. The SMILES string of the molecule is COc1ccc(Cl)cc1S(=O)(=O)Nc1cncc(C(=O)NC2=CCCC=C2)c1. The lowest BCUT2D eigenvalue weighted by molar-refractivity contribution is 0.0966. The van der Waals surface area contributed by atoms with E-state index in [9.17, 15) is 13.2 Å². The van der Waals surface area contributed by atoms with Gasteiger partial charge in [-0.1, -0.05) is 23.8 Å². The number of carbonyl (C=O) groups excluding carboxylic acids is 1. The molecule has 0 fully saturated rings. The van der Waals surface area contributed by atoms with E-state index >= 15 is 0 Å². The maximum Gasteiger partial charge on any atom is 0.265 e. The Morgan fingerprint density at radius 1 is 1.21 bits per heavy atom. The van der Waals surface area contributed by atoms with E-state index in [1.165, 1.54) is 43.8 Å². The molecule has 0 bridgehead atoms. The van der Waals surface area contributed by atoms with Crippen LogP contribution in [0.5, 0.6) is 5.75 Å². The van der Waals surface area contributed by atoms with Gasteiger partial charge in [-0.15, -0.1) is 0 Å². The van der Waals surface area contributed by atoms with Gasteiger partial charge in [-0.2, -0.15) is 0 Å². The third-order valence-electron chi connectivity index (χ3n) is 3.92. The molecule has 1 aliphatic carbocycles. The molecule has 1 amide bonds. The summed E-state index contributed by atoms with van der Waals surface area (Å²) < 4.78 is 33.0. The first-order valence-electron chi connectivity index (χ1n) is 8.38. The van der Waals surface area contributed by atoms with Gasteiger partial charge in [0.2, 0.25) is 0 Å². The molecule has 2 aromatic rings. The zero-order valence-electron chi connectivity index (χ0n) is 15.0. The van der Waals surface area contributed by atoms with E-state index < -0.39 is 10.0 Å². The quantitative estimate of drug-likeness (QED) is 0.746. The van der Waals surface area contributed by atoms with Crippen LogP contribution in [0.1, 0.15) is 23.2 Å². The molecule has 0 atom stereocenters. The molecule has 7 nitrogen and oxygen atoms in total. The van der Waals surface area contributed by atoms with E-state index in [1.807, 2.05) is 18.2 Å². The van der Waals surface area contributed by atoms with Crippen LogP contribution in [0.4, 0.5) is 5.69 Å². The van der Waals surface area contributed by atoms with Gasteiger partial charge in [0.25, 0.3) is 15.9 Å². The monoisotopic (exact) mass is 419 g/mol. The normalized spacial score (nSPS) is 13.6. The van der Waals surface area contributed by atoms with Gasteiger partial charge in [-0.05, 0) is 43.2 Å². The van der Waals surface area contributed by atoms with Gasteiger partial charge >= 0.3 is 0 Å². The topological polar surface area (TPSA) is 97.4 Å². The number of nitrogens with one attached hydrogen (secondary N) is 2. The highest BCUT2D eigenvalue weighted by atomic mass is 35.5. The number of sulfonamides is 1. The van der Waals surface area contributed by atoms with E-state index in [-0.39, 0.29) is 32.8 Å². The molecule has 0 radical (unpaired) electrons. The fourth-order valence-electron chi connectivity index (χ4n) is 2.60. The summed E-state index contributed by atoms with van der Waals surface area (Å²) in [5.74, 6) is -0.235. The van der Waals surface area contributed by atoms with Crippen LogP contribution in [0.15, 0.2) is 65.5 Å². The van der Waals surface area contributed by atoms with Crippen LogP contribution in [0, 0.1) is 0 Å². The first kappa shape index (κ1) is 19.9. The summed E-state index contributed by atoms with van der Waals surface area (Å²) in [4.78, 5) is 16.2. The molecule has 1 heterocycles. The van der Waals surface area contributed by atoms with Crippen molar-refractivity contribution in [3.63, 3.8) is 0 Å². The van der Waals surface area contributed by atoms with E-state index in [0.717, 1.165) is 12.8 Å². The molecule has 0 aliphatic heterocycles. The number of aromatic nitrogens is 1. The number of amides is 1. The third kappa shape index (κ3) is 4.71. The van der Waals surface area contributed by atoms with Crippen LogP contribution in [-0.2, 0) is 10.0 Å². The number of allylic oxidation sites excluding steroid dienone is 3. The van der Waals surface area contributed by atoms with Gasteiger partial charge in [0.1, 0.15) is 10.6 Å². The smallest absolute Gasteiger partial charge is 0.265 e. The van der Waals surface area contributed by atoms with Crippen LogP contribution >= 0.6 is 11.6 Å². The van der Waals surface area contributed by atoms with Crippen molar-refractivity contribution in [2.24, 2.45) is 0 Å². The minimum absolute atomic E-state index is 0.116. The zero-order chi connectivity index (χ0) is 20.1. The van der Waals surface area contributed by atoms with Gasteiger partial charge < -0.3 is 10.1 Å². The first-order chi connectivity index (χ1) is 13.4. The molecule has 146 valence electrons. The summed E-state index contributed by atoms with van der Waals surface area (Å²) in [5, 5.41) is 3.01. The molecule has 1 aliphatic rings. The van der Waals surface area contributed by atoms with Crippen LogP contribution in [-0.4, -0.2) is 26.4 Å². The molecule has 0 unspecified atom stereocenters. The fourth-order valence-corrected chi connectivity index (χ4v) is 4.07. The van der Waals surface area contributed by atoms with Crippen LogP contribution in [0.3, 0.4) is 0 Å². The fraction of sp³-hybridized carbons (Fsp3) is 0.158. The third-order valence-corrected chi connectivity index (χ3v) is 5.56.